The van der Waals surface area contributed by atoms with Crippen LogP contribution in [0.25, 0.3) is 11.0 Å². The van der Waals surface area contributed by atoms with E-state index in [1.165, 1.54) is 0 Å². The number of hydrogen-bond acceptors (Lipinski definition) is 5. The van der Waals surface area contributed by atoms with Crippen LogP contribution in [0.2, 0.25) is 0 Å². The second-order valence-corrected chi connectivity index (χ2v) is 8.01. The number of ether oxygens (including phenoxy) is 2. The molecule has 0 N–H and O–H groups in total. The van der Waals surface area contributed by atoms with Gasteiger partial charge < -0.3 is 14.4 Å². The fourth-order valence-electron chi connectivity index (χ4n) is 3.37. The second kappa shape index (κ2) is 8.55. The third-order valence-corrected chi connectivity index (χ3v) is 4.61. The normalized spacial score (nSPS) is 17.7. The molecule has 1 aromatic heterocycles. The minimum absolute atomic E-state index is 0.200. The lowest BCUT2D eigenvalue weighted by Gasteiger charge is -2.36. The molecule has 2 heterocycles. The standard InChI is InChI=1S/C21H29N3O3/c1-21(2,3)27-20(25)24-13-7-6-9-16(24)10-8-14-26-19-15-22-17-11-4-5-12-18(17)23-19/h4-5,11-12,15-16H,6-10,13-14H2,1-3H3. The van der Waals surface area contributed by atoms with Gasteiger partial charge in [0.2, 0.25) is 5.88 Å². The maximum atomic E-state index is 12.5. The lowest BCUT2D eigenvalue weighted by Crippen LogP contribution is -2.46. The summed E-state index contributed by atoms with van der Waals surface area (Å²) in [5.74, 6) is 0.543. The van der Waals surface area contributed by atoms with E-state index in [1.807, 2.05) is 49.9 Å². The van der Waals surface area contributed by atoms with Crippen LogP contribution in [-0.4, -0.2) is 45.8 Å². The van der Waals surface area contributed by atoms with Crippen LogP contribution < -0.4 is 4.74 Å². The molecule has 2 aromatic rings. The van der Waals surface area contributed by atoms with Crippen molar-refractivity contribution in [2.75, 3.05) is 13.2 Å². The van der Waals surface area contributed by atoms with Gasteiger partial charge in [-0.2, -0.15) is 0 Å². The third kappa shape index (κ3) is 5.55. The number of benzene rings is 1. The van der Waals surface area contributed by atoms with Crippen LogP contribution in [0.15, 0.2) is 30.5 Å². The van der Waals surface area contributed by atoms with E-state index in [9.17, 15) is 4.79 Å². The van der Waals surface area contributed by atoms with Gasteiger partial charge in [-0.1, -0.05) is 12.1 Å². The number of nitrogens with zero attached hydrogens (tertiary/aromatic N) is 3. The van der Waals surface area contributed by atoms with Crippen LogP contribution in [-0.2, 0) is 4.74 Å². The Morgan fingerprint density at radius 1 is 1.22 bits per heavy atom. The van der Waals surface area contributed by atoms with Crippen LogP contribution in [0.3, 0.4) is 0 Å². The molecular weight excluding hydrogens is 342 g/mol. The van der Waals surface area contributed by atoms with Crippen molar-refractivity contribution in [2.24, 2.45) is 0 Å². The van der Waals surface area contributed by atoms with Crippen LogP contribution in [0, 0.1) is 0 Å². The first-order valence-electron chi connectivity index (χ1n) is 9.76. The van der Waals surface area contributed by atoms with Gasteiger partial charge in [-0.15, -0.1) is 0 Å². The quantitative estimate of drug-likeness (QED) is 0.720. The fraction of sp³-hybridized carbons (Fsp3) is 0.571. The molecule has 1 aliphatic heterocycles. The topological polar surface area (TPSA) is 64.5 Å². The van der Waals surface area contributed by atoms with Gasteiger partial charge in [0.1, 0.15) is 5.60 Å². The molecule has 0 bridgehead atoms. The summed E-state index contributed by atoms with van der Waals surface area (Å²) in [4.78, 5) is 23.2. The predicted octanol–water partition coefficient (Wildman–Crippen LogP) is 4.58. The first kappa shape index (κ1) is 19.4. The summed E-state index contributed by atoms with van der Waals surface area (Å²) < 4.78 is 11.3. The summed E-state index contributed by atoms with van der Waals surface area (Å²) in [5, 5.41) is 0. The van der Waals surface area contributed by atoms with Crippen LogP contribution in [0.5, 0.6) is 5.88 Å². The summed E-state index contributed by atoms with van der Waals surface area (Å²) in [5.41, 5.74) is 1.23. The van der Waals surface area contributed by atoms with Crippen molar-refractivity contribution in [3.8, 4) is 5.88 Å². The Morgan fingerprint density at radius 2 is 2.00 bits per heavy atom. The number of amides is 1. The van der Waals surface area contributed by atoms with Crippen molar-refractivity contribution in [3.05, 3.63) is 30.5 Å². The van der Waals surface area contributed by atoms with Crippen LogP contribution in [0.4, 0.5) is 4.79 Å². The van der Waals surface area contributed by atoms with Crippen LogP contribution >= 0.6 is 0 Å². The number of carbonyl (C=O) groups is 1. The minimum atomic E-state index is -0.461. The van der Waals surface area contributed by atoms with E-state index < -0.39 is 5.60 Å². The van der Waals surface area contributed by atoms with Gasteiger partial charge in [-0.05, 0) is 65.0 Å². The maximum Gasteiger partial charge on any atom is 0.410 e. The second-order valence-electron chi connectivity index (χ2n) is 8.01. The molecule has 1 aliphatic rings. The molecule has 1 saturated heterocycles. The van der Waals surface area contributed by atoms with Gasteiger partial charge in [0.05, 0.1) is 23.8 Å². The number of piperidine rings is 1. The molecule has 0 radical (unpaired) electrons. The molecule has 27 heavy (non-hydrogen) atoms. The van der Waals surface area contributed by atoms with Crippen molar-refractivity contribution in [1.29, 1.82) is 0 Å². The molecule has 1 fully saturated rings. The number of aromatic nitrogens is 2. The lowest BCUT2D eigenvalue weighted by atomic mass is 9.98. The molecule has 6 heteroatoms. The van der Waals surface area contributed by atoms with Crippen molar-refractivity contribution in [1.82, 2.24) is 14.9 Å². The van der Waals surface area contributed by atoms with Crippen molar-refractivity contribution >= 4 is 17.1 Å². The zero-order chi connectivity index (χ0) is 19.3. The van der Waals surface area contributed by atoms with Crippen molar-refractivity contribution < 1.29 is 14.3 Å². The Balaban J connectivity index is 1.49. The molecule has 6 nitrogen and oxygen atoms in total. The summed E-state index contributed by atoms with van der Waals surface area (Å²) in [6.45, 7) is 7.05. The first-order valence-corrected chi connectivity index (χ1v) is 9.76. The third-order valence-electron chi connectivity index (χ3n) is 4.61. The molecule has 1 atom stereocenters. The SMILES string of the molecule is CC(C)(C)OC(=O)N1CCCCC1CCCOc1cnc2ccccc2n1. The van der Waals surface area contributed by atoms with Gasteiger partial charge in [0.25, 0.3) is 0 Å². The largest absolute Gasteiger partial charge is 0.477 e. The molecule has 0 saturated carbocycles. The Labute approximate surface area is 160 Å². The fourth-order valence-corrected chi connectivity index (χ4v) is 3.37. The Bertz CT molecular complexity index is 773. The van der Waals surface area contributed by atoms with E-state index >= 15 is 0 Å². The lowest BCUT2D eigenvalue weighted by molar-refractivity contribution is 0.00822. The van der Waals surface area contributed by atoms with E-state index in [-0.39, 0.29) is 12.1 Å². The Kier molecular flexibility index (Phi) is 6.14. The average Bonchev–Trinajstić information content (AvgIpc) is 2.64. The number of rotatable bonds is 5. The van der Waals surface area contributed by atoms with Gasteiger partial charge >= 0.3 is 6.09 Å². The summed E-state index contributed by atoms with van der Waals surface area (Å²) in [7, 11) is 0. The number of likely N-dealkylation sites (tertiary alicyclic amines) is 1. The number of hydrogen-bond donors (Lipinski definition) is 0. The summed E-state index contributed by atoms with van der Waals surface area (Å²) in [6, 6.07) is 7.96. The van der Waals surface area contributed by atoms with E-state index in [0.717, 1.165) is 49.7 Å². The highest BCUT2D eigenvalue weighted by Gasteiger charge is 2.30. The molecular formula is C21H29N3O3. The molecule has 1 unspecified atom stereocenters. The first-order chi connectivity index (χ1) is 12.9. The summed E-state index contributed by atoms with van der Waals surface area (Å²) >= 11 is 0. The van der Waals surface area contributed by atoms with Crippen LogP contribution in [0.1, 0.15) is 52.9 Å². The maximum absolute atomic E-state index is 12.5. The molecule has 1 amide bonds. The molecule has 3 rings (SSSR count). The van der Waals surface area contributed by atoms with Gasteiger partial charge in [-0.25, -0.2) is 14.8 Å². The van der Waals surface area contributed by atoms with Crippen molar-refractivity contribution in [2.45, 2.75) is 64.5 Å². The minimum Gasteiger partial charge on any atom is -0.477 e. The smallest absolute Gasteiger partial charge is 0.410 e. The molecule has 0 spiro atoms. The zero-order valence-electron chi connectivity index (χ0n) is 16.5. The molecule has 1 aromatic carbocycles. The monoisotopic (exact) mass is 371 g/mol. The summed E-state index contributed by atoms with van der Waals surface area (Å²) in [6.07, 6.45) is 6.44. The molecule has 146 valence electrons. The van der Waals surface area contributed by atoms with E-state index in [0.29, 0.717) is 12.5 Å². The van der Waals surface area contributed by atoms with E-state index in [2.05, 4.69) is 9.97 Å². The Morgan fingerprint density at radius 3 is 2.78 bits per heavy atom. The van der Waals surface area contributed by atoms with Crippen molar-refractivity contribution in [3.63, 3.8) is 0 Å². The number of fused-ring (bicyclic) bond motifs is 1. The number of carbonyl (C=O) groups excluding carboxylic acids is 1. The van der Waals surface area contributed by atoms with Gasteiger partial charge in [0.15, 0.2) is 0 Å². The zero-order valence-corrected chi connectivity index (χ0v) is 16.5. The van der Waals surface area contributed by atoms with Gasteiger partial charge in [-0.3, -0.25) is 0 Å². The highest BCUT2D eigenvalue weighted by molar-refractivity contribution is 5.73. The van der Waals surface area contributed by atoms with E-state index in [1.54, 1.807) is 6.20 Å². The van der Waals surface area contributed by atoms with Gasteiger partial charge in [0, 0.05) is 12.6 Å². The van der Waals surface area contributed by atoms with E-state index in [4.69, 9.17) is 9.47 Å². The Hall–Kier alpha value is -2.37. The predicted molar refractivity (Wildman–Crippen MR) is 105 cm³/mol. The molecule has 0 aliphatic carbocycles. The highest BCUT2D eigenvalue weighted by Crippen LogP contribution is 2.23. The number of para-hydroxylation sites is 2. The average molecular weight is 371 g/mol. The highest BCUT2D eigenvalue weighted by atomic mass is 16.6.